The van der Waals surface area contributed by atoms with Gasteiger partial charge in [-0.25, -0.2) is 0 Å². The first-order chi connectivity index (χ1) is 15.8. The number of alkyl halides is 3. The second kappa shape index (κ2) is 12.8. The smallest absolute Gasteiger partial charge is 0.419 e. The van der Waals surface area contributed by atoms with E-state index in [1.807, 2.05) is 45.1 Å². The van der Waals surface area contributed by atoms with Crippen molar-refractivity contribution in [3.05, 3.63) is 64.7 Å². The number of benzene rings is 2. The van der Waals surface area contributed by atoms with Crippen LogP contribution in [-0.2, 0) is 11.0 Å². The number of oxime groups is 1. The van der Waals surface area contributed by atoms with Gasteiger partial charge in [0.2, 0.25) is 0 Å². The Kier molecular flexibility index (Phi) is 10.1. The molecule has 0 fully saturated rings. The van der Waals surface area contributed by atoms with Gasteiger partial charge in [0, 0.05) is 0 Å². The number of hydrogen-bond acceptors (Lipinski definition) is 5. The third kappa shape index (κ3) is 8.36. The average molecular weight is 466 g/mol. The second-order valence-corrected chi connectivity index (χ2v) is 7.34. The van der Waals surface area contributed by atoms with E-state index >= 15 is 0 Å². The van der Waals surface area contributed by atoms with Gasteiger partial charge < -0.3 is 19.0 Å². The van der Waals surface area contributed by atoms with Crippen LogP contribution in [0.3, 0.4) is 0 Å². The molecule has 180 valence electrons. The monoisotopic (exact) mass is 465 g/mol. The zero-order valence-corrected chi connectivity index (χ0v) is 19.4. The highest BCUT2D eigenvalue weighted by Crippen LogP contribution is 2.36. The van der Waals surface area contributed by atoms with Gasteiger partial charge in [0.25, 0.3) is 0 Å². The van der Waals surface area contributed by atoms with Crippen LogP contribution in [0.15, 0.2) is 47.6 Å². The van der Waals surface area contributed by atoms with E-state index in [-0.39, 0.29) is 17.9 Å². The van der Waals surface area contributed by atoms with Crippen LogP contribution in [0, 0.1) is 13.8 Å². The molecule has 2 aromatic carbocycles. The topological polar surface area (TPSA) is 49.3 Å². The maximum atomic E-state index is 13.4. The molecule has 0 aromatic heterocycles. The zero-order valence-electron chi connectivity index (χ0n) is 19.4. The van der Waals surface area contributed by atoms with Gasteiger partial charge in [0.05, 0.1) is 25.0 Å². The summed E-state index contributed by atoms with van der Waals surface area (Å²) in [5.41, 5.74) is 1.36. The number of nitrogens with zero attached hydrogens (tertiary/aromatic N) is 1. The van der Waals surface area contributed by atoms with Crippen LogP contribution in [0.4, 0.5) is 13.2 Å². The van der Waals surface area contributed by atoms with Gasteiger partial charge in [0.15, 0.2) is 0 Å². The quantitative estimate of drug-likeness (QED) is 0.155. The molecule has 2 aromatic rings. The fourth-order valence-electron chi connectivity index (χ4n) is 3.11. The molecule has 0 atom stereocenters. The largest absolute Gasteiger partial charge is 0.493 e. The zero-order chi connectivity index (χ0) is 24.3. The summed E-state index contributed by atoms with van der Waals surface area (Å²) < 4.78 is 57.1. The minimum atomic E-state index is -4.53. The molecular weight excluding hydrogens is 435 g/mol. The molecule has 0 saturated heterocycles. The fourth-order valence-corrected chi connectivity index (χ4v) is 3.11. The molecule has 33 heavy (non-hydrogen) atoms. The molecule has 0 saturated carbocycles. The Hall–Kier alpha value is -3.16. The standard InChI is InChI=1S/C25H30F3NO4/c1-5-6-11-31-21-14-18(2)24(19(3)15-21)33-13-8-7-12-32-23-10-9-20(17-29-30-4)16-22(23)25(26,27)28/h5-6,9-10,14-17H,7-8,11-13H2,1-4H3/b6-5+,29-17+. The van der Waals surface area contributed by atoms with Gasteiger partial charge in [-0.05, 0) is 80.6 Å². The SMILES string of the molecule is C/C=C/COc1cc(C)c(OCCCCOc2ccc(/C=N/OC)cc2C(F)(F)F)c(C)c1. The van der Waals surface area contributed by atoms with Gasteiger partial charge in [-0.3, -0.25) is 0 Å². The van der Waals surface area contributed by atoms with Crippen LogP contribution >= 0.6 is 0 Å². The van der Waals surface area contributed by atoms with Crippen LogP contribution in [0.2, 0.25) is 0 Å². The van der Waals surface area contributed by atoms with Crippen molar-refractivity contribution in [3.63, 3.8) is 0 Å². The molecule has 0 N–H and O–H groups in total. The van der Waals surface area contributed by atoms with Gasteiger partial charge in [0.1, 0.15) is 31.0 Å². The molecule has 0 amide bonds. The third-order valence-electron chi connectivity index (χ3n) is 4.67. The molecular formula is C25H30F3NO4. The first-order valence-electron chi connectivity index (χ1n) is 10.6. The second-order valence-electron chi connectivity index (χ2n) is 7.34. The van der Waals surface area contributed by atoms with E-state index in [4.69, 9.17) is 14.2 Å². The molecule has 0 unspecified atom stereocenters. The highest BCUT2D eigenvalue weighted by atomic mass is 19.4. The predicted molar refractivity (Wildman–Crippen MR) is 122 cm³/mol. The van der Waals surface area contributed by atoms with Crippen molar-refractivity contribution in [1.82, 2.24) is 0 Å². The van der Waals surface area contributed by atoms with Crippen molar-refractivity contribution in [2.24, 2.45) is 5.16 Å². The van der Waals surface area contributed by atoms with E-state index in [0.717, 1.165) is 28.7 Å². The molecule has 0 spiro atoms. The maximum Gasteiger partial charge on any atom is 0.419 e. The number of hydrogen-bond donors (Lipinski definition) is 0. The average Bonchev–Trinajstić information content (AvgIpc) is 2.76. The molecule has 0 aliphatic carbocycles. The molecule has 5 nitrogen and oxygen atoms in total. The first-order valence-corrected chi connectivity index (χ1v) is 10.6. The molecule has 0 radical (unpaired) electrons. The molecule has 0 heterocycles. The highest BCUT2D eigenvalue weighted by molar-refractivity contribution is 5.80. The fraction of sp³-hybridized carbons (Fsp3) is 0.400. The Bertz CT molecular complexity index is 932. The lowest BCUT2D eigenvalue weighted by Gasteiger charge is -2.16. The van der Waals surface area contributed by atoms with Crippen molar-refractivity contribution < 1.29 is 32.2 Å². The first kappa shape index (κ1) is 26.1. The summed E-state index contributed by atoms with van der Waals surface area (Å²) in [5, 5.41) is 3.49. The Balaban J connectivity index is 1.86. The summed E-state index contributed by atoms with van der Waals surface area (Å²) in [6.07, 6.45) is 1.72. The van der Waals surface area contributed by atoms with E-state index in [1.54, 1.807) is 0 Å². The lowest BCUT2D eigenvalue weighted by Crippen LogP contribution is -2.11. The van der Waals surface area contributed by atoms with E-state index < -0.39 is 11.7 Å². The van der Waals surface area contributed by atoms with Gasteiger partial charge in [-0.1, -0.05) is 17.3 Å². The predicted octanol–water partition coefficient (Wildman–Crippen LogP) is 6.50. The summed E-state index contributed by atoms with van der Waals surface area (Å²) in [5.74, 6) is 1.36. The van der Waals surface area contributed by atoms with Crippen molar-refractivity contribution in [2.45, 2.75) is 39.8 Å². The van der Waals surface area contributed by atoms with Gasteiger partial charge in [-0.15, -0.1) is 0 Å². The molecule has 8 heteroatoms. The van der Waals surface area contributed by atoms with Crippen LogP contribution in [0.1, 0.15) is 42.0 Å². The molecule has 2 rings (SSSR count). The van der Waals surface area contributed by atoms with Crippen LogP contribution < -0.4 is 14.2 Å². The summed E-state index contributed by atoms with van der Waals surface area (Å²) in [7, 11) is 1.32. The van der Waals surface area contributed by atoms with Crippen molar-refractivity contribution >= 4 is 6.21 Å². The van der Waals surface area contributed by atoms with Crippen LogP contribution in [-0.4, -0.2) is 33.1 Å². The van der Waals surface area contributed by atoms with Gasteiger partial charge in [-0.2, -0.15) is 13.2 Å². The lowest BCUT2D eigenvalue weighted by atomic mass is 10.1. The number of halogens is 3. The normalized spacial score (nSPS) is 11.8. The lowest BCUT2D eigenvalue weighted by molar-refractivity contribution is -0.139. The van der Waals surface area contributed by atoms with E-state index in [1.165, 1.54) is 25.5 Å². The Morgan fingerprint density at radius 3 is 2.21 bits per heavy atom. The minimum Gasteiger partial charge on any atom is -0.493 e. The summed E-state index contributed by atoms with van der Waals surface area (Å²) in [6.45, 7) is 6.93. The Morgan fingerprint density at radius 2 is 1.61 bits per heavy atom. The number of ether oxygens (including phenoxy) is 3. The summed E-state index contributed by atoms with van der Waals surface area (Å²) in [6, 6.07) is 7.62. The van der Waals surface area contributed by atoms with Crippen LogP contribution in [0.25, 0.3) is 0 Å². The summed E-state index contributed by atoms with van der Waals surface area (Å²) >= 11 is 0. The third-order valence-corrected chi connectivity index (χ3v) is 4.67. The van der Waals surface area contributed by atoms with Gasteiger partial charge >= 0.3 is 6.18 Å². The number of rotatable bonds is 12. The number of allylic oxidation sites excluding steroid dienone is 1. The minimum absolute atomic E-state index is 0.146. The maximum absolute atomic E-state index is 13.4. The van der Waals surface area contributed by atoms with Crippen molar-refractivity contribution in [1.29, 1.82) is 0 Å². The summed E-state index contributed by atoms with van der Waals surface area (Å²) in [4.78, 5) is 4.51. The van der Waals surface area contributed by atoms with E-state index in [9.17, 15) is 13.2 Å². The number of unbranched alkanes of at least 4 members (excludes halogenated alkanes) is 1. The Labute approximate surface area is 192 Å². The molecule has 0 aliphatic rings. The van der Waals surface area contributed by atoms with Crippen molar-refractivity contribution in [3.8, 4) is 17.2 Å². The number of aryl methyl sites for hydroxylation is 2. The molecule has 0 bridgehead atoms. The molecule has 0 aliphatic heterocycles. The van der Waals surface area contributed by atoms with E-state index in [0.29, 0.717) is 26.1 Å². The van der Waals surface area contributed by atoms with Crippen LogP contribution in [0.5, 0.6) is 17.2 Å². The van der Waals surface area contributed by atoms with Crippen molar-refractivity contribution in [2.75, 3.05) is 26.9 Å². The highest BCUT2D eigenvalue weighted by Gasteiger charge is 2.34. The van der Waals surface area contributed by atoms with E-state index in [2.05, 4.69) is 9.99 Å². The Morgan fingerprint density at radius 1 is 0.939 bits per heavy atom.